The molecule has 40 heavy (non-hydrogen) atoms. The monoisotopic (exact) mass is 560 g/mol. The molecule has 0 radical (unpaired) electrons. The number of anilines is 3. The van der Waals surface area contributed by atoms with Crippen LogP contribution in [0.1, 0.15) is 121 Å². The highest BCUT2D eigenvalue weighted by Crippen LogP contribution is 2.36. The Hall–Kier alpha value is -1.71. The van der Waals surface area contributed by atoms with Crippen molar-refractivity contribution >= 4 is 17.8 Å². The lowest BCUT2D eigenvalue weighted by Gasteiger charge is -2.50. The number of unbranched alkanes of at least 4 members (excludes halogenated alkanes) is 2. The van der Waals surface area contributed by atoms with E-state index < -0.39 is 0 Å². The average molecular weight is 561 g/mol. The maximum atomic E-state index is 9.59. The zero-order valence-corrected chi connectivity index (χ0v) is 27.3. The molecule has 2 aliphatic heterocycles. The number of nitrogens with one attached hydrogen (secondary N) is 3. The highest BCUT2D eigenvalue weighted by molar-refractivity contribution is 5.47. The van der Waals surface area contributed by atoms with Crippen LogP contribution in [0.3, 0.4) is 0 Å². The number of aromatic nitrogens is 3. The van der Waals surface area contributed by atoms with Crippen molar-refractivity contribution in [2.24, 2.45) is 0 Å². The van der Waals surface area contributed by atoms with Crippen molar-refractivity contribution in [2.45, 2.75) is 155 Å². The van der Waals surface area contributed by atoms with Crippen molar-refractivity contribution in [2.75, 3.05) is 41.4 Å². The van der Waals surface area contributed by atoms with Gasteiger partial charge in [0.05, 0.1) is 6.61 Å². The van der Waals surface area contributed by atoms with Gasteiger partial charge < -0.3 is 30.9 Å². The molecule has 0 aromatic carbocycles. The van der Waals surface area contributed by atoms with Crippen LogP contribution in [0, 0.1) is 0 Å². The Kier molecular flexibility index (Phi) is 10.7. The van der Waals surface area contributed by atoms with Gasteiger partial charge in [0.1, 0.15) is 0 Å². The molecule has 0 saturated carbocycles. The summed E-state index contributed by atoms with van der Waals surface area (Å²) in [5.41, 5.74) is 0.0720. The molecule has 0 atom stereocenters. The zero-order chi connectivity index (χ0) is 29.8. The van der Waals surface area contributed by atoms with Gasteiger partial charge in [-0.15, -0.1) is 0 Å². The molecule has 230 valence electrons. The Balaban J connectivity index is 2.09. The van der Waals surface area contributed by atoms with E-state index in [0.717, 1.165) is 76.4 Å². The molecule has 0 amide bonds. The van der Waals surface area contributed by atoms with E-state index in [0.29, 0.717) is 24.6 Å². The highest BCUT2D eigenvalue weighted by atomic mass is 16.3. The molecule has 3 heterocycles. The van der Waals surface area contributed by atoms with E-state index in [2.05, 4.69) is 95.0 Å². The van der Waals surface area contributed by atoms with Gasteiger partial charge in [-0.2, -0.15) is 15.0 Å². The molecule has 2 fully saturated rings. The fourth-order valence-corrected chi connectivity index (χ4v) is 7.38. The fraction of sp³-hybridized carbons (Fsp3) is 0.903. The number of aliphatic hydroxyl groups excluding tert-OH is 1. The van der Waals surface area contributed by atoms with Crippen LogP contribution in [0.5, 0.6) is 0 Å². The zero-order valence-electron chi connectivity index (χ0n) is 27.3. The quantitative estimate of drug-likeness (QED) is 0.262. The van der Waals surface area contributed by atoms with E-state index in [1.165, 1.54) is 0 Å². The predicted molar refractivity (Wildman–Crippen MR) is 169 cm³/mol. The van der Waals surface area contributed by atoms with Gasteiger partial charge in [-0.1, -0.05) is 26.7 Å². The van der Waals surface area contributed by atoms with E-state index in [-0.39, 0.29) is 28.8 Å². The number of nitrogens with zero attached hydrogens (tertiary/aromatic N) is 5. The van der Waals surface area contributed by atoms with Gasteiger partial charge in [-0.3, -0.25) is 0 Å². The minimum absolute atomic E-state index is 0.0180. The van der Waals surface area contributed by atoms with Crippen LogP contribution in [0.4, 0.5) is 17.8 Å². The molecule has 1 aromatic heterocycles. The number of hydrogen-bond donors (Lipinski definition) is 4. The van der Waals surface area contributed by atoms with Crippen molar-refractivity contribution in [1.29, 1.82) is 0 Å². The molecule has 9 nitrogen and oxygen atoms in total. The van der Waals surface area contributed by atoms with Gasteiger partial charge in [0, 0.05) is 53.9 Å². The van der Waals surface area contributed by atoms with E-state index in [1.54, 1.807) is 0 Å². The van der Waals surface area contributed by atoms with Crippen molar-refractivity contribution in [3.8, 4) is 0 Å². The third kappa shape index (κ3) is 9.15. The molecule has 0 spiro atoms. The van der Waals surface area contributed by atoms with Crippen molar-refractivity contribution in [3.63, 3.8) is 0 Å². The molecular formula is C31H60N8O. The summed E-state index contributed by atoms with van der Waals surface area (Å²) >= 11 is 0. The molecule has 3 rings (SSSR count). The first-order valence-electron chi connectivity index (χ1n) is 15.8. The Bertz CT molecular complexity index is 847. The summed E-state index contributed by atoms with van der Waals surface area (Å²) in [5.74, 6) is 2.06. The molecule has 4 N–H and O–H groups in total. The summed E-state index contributed by atoms with van der Waals surface area (Å²) in [5, 5.41) is 20.5. The standard InChI is InChI=1S/C31H60N8O/c1-11-13-16-38(23-19-28(3,4)36-29(5,6)20-23)26-33-25(32-15-18-40)34-27(35-26)39(17-14-12-2)24-21-30(7,8)37-31(9,10)22-24/h23-24,36-37,40H,11-22H2,1-10H3,(H,32,33,34,35). The summed E-state index contributed by atoms with van der Waals surface area (Å²) in [6, 6.07) is 0.638. The van der Waals surface area contributed by atoms with Crippen LogP contribution < -0.4 is 25.8 Å². The SMILES string of the molecule is CCCCN(c1nc(NCCO)nc(N(CCCC)C2CC(C)(C)NC(C)(C)C2)n1)C1CC(C)(C)NC(C)(C)C1. The molecule has 1 aromatic rings. The summed E-state index contributed by atoms with van der Waals surface area (Å²) in [4.78, 5) is 20.2. The largest absolute Gasteiger partial charge is 0.395 e. The first kappa shape index (κ1) is 32.8. The van der Waals surface area contributed by atoms with Crippen LogP contribution in [0.25, 0.3) is 0 Å². The fourth-order valence-electron chi connectivity index (χ4n) is 7.38. The molecule has 0 unspecified atom stereocenters. The van der Waals surface area contributed by atoms with Crippen LogP contribution in [0.2, 0.25) is 0 Å². The second-order valence-electron chi connectivity index (χ2n) is 14.9. The number of piperidine rings is 2. The third-order valence-corrected chi connectivity index (χ3v) is 8.24. The Morgan fingerprint density at radius 1 is 0.700 bits per heavy atom. The van der Waals surface area contributed by atoms with Gasteiger partial charge >= 0.3 is 0 Å². The molecule has 2 aliphatic rings. The lowest BCUT2D eigenvalue weighted by molar-refractivity contribution is 0.157. The second-order valence-corrected chi connectivity index (χ2v) is 14.9. The average Bonchev–Trinajstić information content (AvgIpc) is 2.79. The van der Waals surface area contributed by atoms with E-state index in [4.69, 9.17) is 15.0 Å². The van der Waals surface area contributed by atoms with Gasteiger partial charge in [-0.25, -0.2) is 0 Å². The molecule has 9 heteroatoms. The number of rotatable bonds is 13. The topological polar surface area (TPSA) is 101 Å². The Morgan fingerprint density at radius 2 is 1.07 bits per heavy atom. The maximum absolute atomic E-state index is 9.59. The van der Waals surface area contributed by atoms with Gasteiger partial charge in [-0.05, 0) is 93.9 Å². The second kappa shape index (κ2) is 13.1. The minimum Gasteiger partial charge on any atom is -0.395 e. The lowest BCUT2D eigenvalue weighted by atomic mass is 9.79. The lowest BCUT2D eigenvalue weighted by Crippen LogP contribution is -2.63. The van der Waals surface area contributed by atoms with Gasteiger partial charge in [0.2, 0.25) is 17.8 Å². The van der Waals surface area contributed by atoms with Gasteiger partial charge in [0.25, 0.3) is 0 Å². The van der Waals surface area contributed by atoms with Crippen molar-refractivity contribution < 1.29 is 5.11 Å². The summed E-state index contributed by atoms with van der Waals surface area (Å²) in [7, 11) is 0. The Labute approximate surface area is 244 Å². The summed E-state index contributed by atoms with van der Waals surface area (Å²) in [6.45, 7) is 25.2. The first-order valence-corrected chi connectivity index (χ1v) is 15.8. The Morgan fingerprint density at radius 3 is 1.40 bits per heavy atom. The highest BCUT2D eigenvalue weighted by Gasteiger charge is 2.42. The number of aliphatic hydroxyl groups is 1. The molecule has 2 saturated heterocycles. The molecular weight excluding hydrogens is 500 g/mol. The van der Waals surface area contributed by atoms with Crippen LogP contribution in [-0.4, -0.2) is 80.5 Å². The van der Waals surface area contributed by atoms with Crippen LogP contribution in [-0.2, 0) is 0 Å². The van der Waals surface area contributed by atoms with E-state index in [9.17, 15) is 5.11 Å². The van der Waals surface area contributed by atoms with E-state index >= 15 is 0 Å². The summed E-state index contributed by atoms with van der Waals surface area (Å²) < 4.78 is 0. The maximum Gasteiger partial charge on any atom is 0.232 e. The predicted octanol–water partition coefficient (Wildman–Crippen LogP) is 5.11. The van der Waals surface area contributed by atoms with Crippen molar-refractivity contribution in [1.82, 2.24) is 25.6 Å². The van der Waals surface area contributed by atoms with Crippen LogP contribution >= 0.6 is 0 Å². The summed E-state index contributed by atoms with van der Waals surface area (Å²) in [6.07, 6.45) is 8.50. The third-order valence-electron chi connectivity index (χ3n) is 8.24. The normalized spacial score (nSPS) is 22.2. The van der Waals surface area contributed by atoms with E-state index in [1.807, 2.05) is 0 Å². The van der Waals surface area contributed by atoms with Crippen LogP contribution in [0.15, 0.2) is 0 Å². The molecule has 0 aliphatic carbocycles. The smallest absolute Gasteiger partial charge is 0.232 e. The number of hydrogen-bond acceptors (Lipinski definition) is 9. The molecule has 0 bridgehead atoms. The first-order chi connectivity index (χ1) is 18.6. The van der Waals surface area contributed by atoms with Crippen molar-refractivity contribution in [3.05, 3.63) is 0 Å². The van der Waals surface area contributed by atoms with Gasteiger partial charge in [0.15, 0.2) is 0 Å². The minimum atomic E-state index is 0.0180.